The van der Waals surface area contributed by atoms with Crippen molar-refractivity contribution in [3.8, 4) is 5.75 Å². The van der Waals surface area contributed by atoms with Gasteiger partial charge in [-0.2, -0.15) is 0 Å². The average Bonchev–Trinajstić information content (AvgIpc) is 3.10. The predicted molar refractivity (Wildman–Crippen MR) is 102 cm³/mol. The third kappa shape index (κ3) is 4.41. The van der Waals surface area contributed by atoms with Gasteiger partial charge in [-0.3, -0.25) is 4.79 Å². The number of benzene rings is 1. The molecule has 0 aliphatic carbocycles. The van der Waals surface area contributed by atoms with Gasteiger partial charge >= 0.3 is 0 Å². The van der Waals surface area contributed by atoms with Crippen LogP contribution in [0, 0.1) is 6.92 Å². The van der Waals surface area contributed by atoms with Crippen molar-refractivity contribution >= 4 is 17.2 Å². The van der Waals surface area contributed by atoms with Crippen molar-refractivity contribution < 1.29 is 9.53 Å². The number of nitrogens with one attached hydrogen (secondary N) is 1. The summed E-state index contributed by atoms with van der Waals surface area (Å²) in [5.74, 6) is 1.01. The Morgan fingerprint density at radius 1 is 1.32 bits per heavy atom. The molecule has 5 heteroatoms. The second-order valence-corrected chi connectivity index (χ2v) is 7.45. The molecule has 0 unspecified atom stereocenters. The average molecular weight is 359 g/mol. The molecule has 1 aromatic carbocycles. The van der Waals surface area contributed by atoms with Crippen LogP contribution < -0.4 is 10.1 Å². The third-order valence-electron chi connectivity index (χ3n) is 4.55. The Morgan fingerprint density at radius 2 is 2.12 bits per heavy atom. The van der Waals surface area contributed by atoms with Crippen LogP contribution in [0.1, 0.15) is 35.4 Å². The van der Waals surface area contributed by atoms with Crippen molar-refractivity contribution in [2.45, 2.75) is 32.7 Å². The molecule has 1 aliphatic heterocycles. The number of ether oxygens (including phenoxy) is 1. The van der Waals surface area contributed by atoms with Crippen LogP contribution in [0.25, 0.3) is 0 Å². The van der Waals surface area contributed by atoms with Crippen molar-refractivity contribution in [2.75, 3.05) is 26.2 Å². The number of nitrogens with zero attached hydrogens (tertiary/aromatic N) is 1. The van der Waals surface area contributed by atoms with Gasteiger partial charge in [0.25, 0.3) is 0 Å². The predicted octanol–water partition coefficient (Wildman–Crippen LogP) is 3.56. The first-order valence-corrected chi connectivity index (χ1v) is 9.83. The van der Waals surface area contributed by atoms with E-state index in [2.05, 4.69) is 30.6 Å². The van der Waals surface area contributed by atoms with Gasteiger partial charge in [0.2, 0.25) is 5.91 Å². The van der Waals surface area contributed by atoms with Gasteiger partial charge in [0, 0.05) is 11.4 Å². The lowest BCUT2D eigenvalue weighted by atomic mass is 10.0. The quantitative estimate of drug-likeness (QED) is 0.770. The van der Waals surface area contributed by atoms with E-state index in [4.69, 9.17) is 4.74 Å². The molecule has 1 aliphatic rings. The van der Waals surface area contributed by atoms with Crippen molar-refractivity contribution in [3.05, 3.63) is 51.7 Å². The molecule has 1 aromatic heterocycles. The summed E-state index contributed by atoms with van der Waals surface area (Å²) in [7, 11) is 0. The number of aryl methyl sites for hydroxylation is 1. The summed E-state index contributed by atoms with van der Waals surface area (Å²) in [5, 5.41) is 5.34. The monoisotopic (exact) mass is 358 g/mol. The minimum atomic E-state index is -0.00719. The molecule has 134 valence electrons. The summed E-state index contributed by atoms with van der Waals surface area (Å²) in [6, 6.07) is 10.2. The molecule has 1 amide bonds. The van der Waals surface area contributed by atoms with E-state index in [1.165, 1.54) is 16.0 Å². The fourth-order valence-electron chi connectivity index (χ4n) is 3.16. The van der Waals surface area contributed by atoms with E-state index in [0.717, 1.165) is 31.7 Å². The van der Waals surface area contributed by atoms with Gasteiger partial charge in [0.15, 0.2) is 0 Å². The number of rotatable bonds is 7. The molecule has 4 nitrogen and oxygen atoms in total. The molecule has 1 N–H and O–H groups in total. The Morgan fingerprint density at radius 3 is 2.88 bits per heavy atom. The van der Waals surface area contributed by atoms with E-state index in [-0.39, 0.29) is 11.9 Å². The molecule has 2 heterocycles. The van der Waals surface area contributed by atoms with Gasteiger partial charge in [-0.15, -0.1) is 11.3 Å². The normalized spacial score (nSPS) is 16.6. The Bertz CT molecular complexity index is 696. The van der Waals surface area contributed by atoms with E-state index in [9.17, 15) is 4.79 Å². The number of hydrogen-bond donors (Lipinski definition) is 1. The van der Waals surface area contributed by atoms with E-state index in [1.54, 1.807) is 11.3 Å². The fourth-order valence-corrected chi connectivity index (χ4v) is 4.09. The maximum absolute atomic E-state index is 12.7. The molecule has 25 heavy (non-hydrogen) atoms. The summed E-state index contributed by atoms with van der Waals surface area (Å²) >= 11 is 1.78. The summed E-state index contributed by atoms with van der Waals surface area (Å²) in [5.41, 5.74) is 2.45. The summed E-state index contributed by atoms with van der Waals surface area (Å²) < 4.78 is 6.02. The summed E-state index contributed by atoms with van der Waals surface area (Å²) in [6.07, 6.45) is 1.97. The lowest BCUT2D eigenvalue weighted by Gasteiger charge is -2.36. The zero-order valence-corrected chi connectivity index (χ0v) is 15.8. The zero-order chi connectivity index (χ0) is 17.6. The van der Waals surface area contributed by atoms with E-state index < -0.39 is 0 Å². The Kier molecular flexibility index (Phi) is 6.10. The number of carbonyl (C=O) groups is 1. The van der Waals surface area contributed by atoms with Crippen LogP contribution in [-0.4, -0.2) is 37.0 Å². The molecule has 2 aromatic rings. The molecule has 0 fully saturated rings. The largest absolute Gasteiger partial charge is 0.491 e. The molecule has 3 rings (SSSR count). The zero-order valence-electron chi connectivity index (χ0n) is 15.0. The molecule has 0 bridgehead atoms. The van der Waals surface area contributed by atoms with Crippen molar-refractivity contribution in [3.63, 3.8) is 0 Å². The maximum atomic E-state index is 12.7. The van der Waals surface area contributed by atoms with Crippen LogP contribution in [0.5, 0.6) is 5.75 Å². The van der Waals surface area contributed by atoms with Gasteiger partial charge in [-0.25, -0.2) is 0 Å². The Balaban J connectivity index is 1.71. The standard InChI is InChI=1S/C20H26N2O2S/c1-3-10-21-13-20(23)22-11-8-19-17(9-12-25-19)18(22)14-24-16-6-4-15(2)5-7-16/h4-7,9,12,18,21H,3,8,10-11,13-14H2,1-2H3/t18-/m0/s1. The molecular weight excluding hydrogens is 332 g/mol. The van der Waals surface area contributed by atoms with Crippen LogP contribution in [-0.2, 0) is 11.2 Å². The first kappa shape index (κ1) is 18.0. The minimum Gasteiger partial charge on any atom is -0.491 e. The molecule has 0 saturated heterocycles. The topological polar surface area (TPSA) is 41.6 Å². The highest BCUT2D eigenvalue weighted by Gasteiger charge is 2.31. The highest BCUT2D eigenvalue weighted by molar-refractivity contribution is 7.10. The number of carbonyl (C=O) groups excluding carboxylic acids is 1. The molecule has 0 spiro atoms. The fraction of sp³-hybridized carbons (Fsp3) is 0.450. The number of amides is 1. The first-order valence-electron chi connectivity index (χ1n) is 8.95. The second-order valence-electron chi connectivity index (χ2n) is 6.45. The molecule has 0 radical (unpaired) electrons. The van der Waals surface area contributed by atoms with E-state index in [0.29, 0.717) is 13.2 Å². The third-order valence-corrected chi connectivity index (χ3v) is 5.54. The van der Waals surface area contributed by atoms with Crippen molar-refractivity contribution in [2.24, 2.45) is 0 Å². The number of hydrogen-bond acceptors (Lipinski definition) is 4. The highest BCUT2D eigenvalue weighted by Crippen LogP contribution is 2.33. The maximum Gasteiger partial charge on any atom is 0.237 e. The van der Waals surface area contributed by atoms with E-state index >= 15 is 0 Å². The van der Waals surface area contributed by atoms with Crippen LogP contribution >= 0.6 is 11.3 Å². The Labute approximate surface area is 153 Å². The van der Waals surface area contributed by atoms with Crippen LogP contribution in [0.4, 0.5) is 0 Å². The second kappa shape index (κ2) is 8.50. The lowest BCUT2D eigenvalue weighted by molar-refractivity contribution is -0.133. The van der Waals surface area contributed by atoms with Gasteiger partial charge in [0.1, 0.15) is 12.4 Å². The van der Waals surface area contributed by atoms with Crippen LogP contribution in [0.15, 0.2) is 35.7 Å². The van der Waals surface area contributed by atoms with Gasteiger partial charge in [-0.05, 0) is 55.5 Å². The van der Waals surface area contributed by atoms with Crippen LogP contribution in [0.2, 0.25) is 0 Å². The summed E-state index contributed by atoms with van der Waals surface area (Å²) in [6.45, 7) is 6.69. The number of thiophene rings is 1. The minimum absolute atomic E-state index is 0.00719. The first-order chi connectivity index (χ1) is 12.2. The highest BCUT2D eigenvalue weighted by atomic mass is 32.1. The van der Waals surface area contributed by atoms with Gasteiger partial charge in [0.05, 0.1) is 12.6 Å². The Hall–Kier alpha value is -1.85. The molecular formula is C20H26N2O2S. The summed E-state index contributed by atoms with van der Waals surface area (Å²) in [4.78, 5) is 16.0. The smallest absolute Gasteiger partial charge is 0.237 e. The molecule has 0 saturated carbocycles. The van der Waals surface area contributed by atoms with E-state index in [1.807, 2.05) is 29.2 Å². The van der Waals surface area contributed by atoms with Gasteiger partial charge < -0.3 is 15.0 Å². The van der Waals surface area contributed by atoms with Crippen molar-refractivity contribution in [1.29, 1.82) is 0 Å². The lowest BCUT2D eigenvalue weighted by Crippen LogP contribution is -2.45. The van der Waals surface area contributed by atoms with Gasteiger partial charge in [-0.1, -0.05) is 24.6 Å². The molecule has 1 atom stereocenters. The van der Waals surface area contributed by atoms with Crippen LogP contribution in [0.3, 0.4) is 0 Å². The van der Waals surface area contributed by atoms with Crippen molar-refractivity contribution in [1.82, 2.24) is 10.2 Å². The number of fused-ring (bicyclic) bond motifs is 1. The SMILES string of the molecule is CCCNCC(=O)N1CCc2sccc2[C@@H]1COc1ccc(C)cc1.